The summed E-state index contributed by atoms with van der Waals surface area (Å²) < 4.78 is 42.6. The molecule has 0 atom stereocenters. The van der Waals surface area contributed by atoms with Gasteiger partial charge in [0.05, 0.1) is 12.7 Å². The van der Waals surface area contributed by atoms with Gasteiger partial charge in [-0.25, -0.2) is 0 Å². The molecule has 0 radical (unpaired) electrons. The van der Waals surface area contributed by atoms with Crippen molar-refractivity contribution in [3.63, 3.8) is 0 Å². The summed E-state index contributed by atoms with van der Waals surface area (Å²) in [5.41, 5.74) is 0.0246. The van der Waals surface area contributed by atoms with Gasteiger partial charge in [0.15, 0.2) is 5.75 Å². The van der Waals surface area contributed by atoms with Gasteiger partial charge >= 0.3 is 6.18 Å². The molecule has 2 rings (SSSR count). The fourth-order valence-electron chi connectivity index (χ4n) is 1.68. The zero-order valence-electron chi connectivity index (χ0n) is 10.4. The number of halogens is 3. The molecule has 102 valence electrons. The topological polar surface area (TPSA) is 12.5 Å². The zero-order valence-corrected chi connectivity index (χ0v) is 11.2. The summed E-state index contributed by atoms with van der Waals surface area (Å²) in [4.78, 5) is 1.80. The molecule has 0 saturated heterocycles. The molecule has 0 bridgehead atoms. The van der Waals surface area contributed by atoms with Crippen LogP contribution in [0.5, 0.6) is 5.75 Å². The Hall–Kier alpha value is -1.69. The fourth-order valence-corrected chi connectivity index (χ4v) is 2.53. The van der Waals surface area contributed by atoms with E-state index in [1.807, 2.05) is 11.4 Å². The summed E-state index contributed by atoms with van der Waals surface area (Å²) in [7, 11) is 3.35. The first-order chi connectivity index (χ1) is 8.93. The lowest BCUT2D eigenvalue weighted by Crippen LogP contribution is -2.10. The molecule has 19 heavy (non-hydrogen) atoms. The van der Waals surface area contributed by atoms with Crippen molar-refractivity contribution in [2.24, 2.45) is 0 Å². The maximum Gasteiger partial charge on any atom is 0.416 e. The van der Waals surface area contributed by atoms with Crippen LogP contribution in [0.4, 0.5) is 23.9 Å². The van der Waals surface area contributed by atoms with Crippen LogP contribution in [0.15, 0.2) is 35.7 Å². The monoisotopic (exact) mass is 287 g/mol. The van der Waals surface area contributed by atoms with Crippen LogP contribution in [0.25, 0.3) is 0 Å². The van der Waals surface area contributed by atoms with Gasteiger partial charge in [-0.1, -0.05) is 0 Å². The molecule has 0 spiro atoms. The second-order valence-corrected chi connectivity index (χ2v) is 4.79. The van der Waals surface area contributed by atoms with Crippen molar-refractivity contribution in [3.8, 4) is 5.75 Å². The molecular formula is C13H12F3NOS. The van der Waals surface area contributed by atoms with E-state index in [1.165, 1.54) is 23.5 Å². The Morgan fingerprint density at radius 3 is 2.26 bits per heavy atom. The highest BCUT2D eigenvalue weighted by Gasteiger charge is 2.30. The van der Waals surface area contributed by atoms with Gasteiger partial charge < -0.3 is 9.64 Å². The average Bonchev–Trinajstić information content (AvgIpc) is 2.85. The number of anilines is 2. The predicted octanol–water partition coefficient (Wildman–Crippen LogP) is 4.54. The SMILES string of the molecule is COc1ccsc1N(C)c1ccc(C(F)(F)F)cc1. The minimum absolute atomic E-state index is 0.650. The maximum atomic E-state index is 12.5. The second kappa shape index (κ2) is 5.13. The van der Waals surface area contributed by atoms with Crippen LogP contribution in [0, 0.1) is 0 Å². The summed E-state index contributed by atoms with van der Waals surface area (Å²) in [5, 5.41) is 2.72. The first-order valence-corrected chi connectivity index (χ1v) is 6.34. The van der Waals surface area contributed by atoms with Crippen molar-refractivity contribution in [1.82, 2.24) is 0 Å². The first-order valence-electron chi connectivity index (χ1n) is 5.46. The third-order valence-electron chi connectivity index (χ3n) is 2.72. The van der Waals surface area contributed by atoms with Crippen LogP contribution in [-0.2, 0) is 6.18 Å². The highest BCUT2D eigenvalue weighted by atomic mass is 32.1. The van der Waals surface area contributed by atoms with E-state index in [4.69, 9.17) is 4.74 Å². The normalized spacial score (nSPS) is 11.4. The van der Waals surface area contributed by atoms with Crippen molar-refractivity contribution >= 4 is 22.0 Å². The molecule has 0 N–H and O–H groups in total. The molecule has 1 aromatic carbocycles. The van der Waals surface area contributed by atoms with Gasteiger partial charge in [-0.15, -0.1) is 11.3 Å². The molecule has 2 aromatic rings. The molecular weight excluding hydrogens is 275 g/mol. The van der Waals surface area contributed by atoms with Crippen molar-refractivity contribution < 1.29 is 17.9 Å². The molecule has 0 fully saturated rings. The number of rotatable bonds is 3. The van der Waals surface area contributed by atoms with E-state index in [2.05, 4.69) is 0 Å². The lowest BCUT2D eigenvalue weighted by molar-refractivity contribution is -0.137. The minimum atomic E-state index is -4.31. The van der Waals surface area contributed by atoms with Gasteiger partial charge in [0.1, 0.15) is 5.00 Å². The highest BCUT2D eigenvalue weighted by Crippen LogP contribution is 2.38. The molecule has 1 aromatic heterocycles. The van der Waals surface area contributed by atoms with Gasteiger partial charge in [0.25, 0.3) is 0 Å². The molecule has 0 aliphatic heterocycles. The number of ether oxygens (including phenoxy) is 1. The van der Waals surface area contributed by atoms with Crippen LogP contribution in [0.2, 0.25) is 0 Å². The molecule has 1 heterocycles. The molecule has 0 aliphatic rings. The van der Waals surface area contributed by atoms with Crippen molar-refractivity contribution in [2.45, 2.75) is 6.18 Å². The van der Waals surface area contributed by atoms with Crippen molar-refractivity contribution in [2.75, 3.05) is 19.1 Å². The van der Waals surface area contributed by atoms with Crippen LogP contribution < -0.4 is 9.64 Å². The van der Waals surface area contributed by atoms with E-state index >= 15 is 0 Å². The lowest BCUT2D eigenvalue weighted by Gasteiger charge is -2.19. The largest absolute Gasteiger partial charge is 0.494 e. The minimum Gasteiger partial charge on any atom is -0.494 e. The number of benzene rings is 1. The Morgan fingerprint density at radius 1 is 1.11 bits per heavy atom. The van der Waals surface area contributed by atoms with E-state index in [0.29, 0.717) is 11.4 Å². The zero-order chi connectivity index (χ0) is 14.0. The Morgan fingerprint density at radius 2 is 1.74 bits per heavy atom. The van der Waals surface area contributed by atoms with Crippen LogP contribution in [0.3, 0.4) is 0 Å². The van der Waals surface area contributed by atoms with Crippen LogP contribution >= 0.6 is 11.3 Å². The first kappa shape index (κ1) is 13.7. The van der Waals surface area contributed by atoms with E-state index in [1.54, 1.807) is 19.1 Å². The molecule has 0 saturated carbocycles. The number of thiophene rings is 1. The third-order valence-corrected chi connectivity index (χ3v) is 3.69. The van der Waals surface area contributed by atoms with E-state index in [9.17, 15) is 13.2 Å². The van der Waals surface area contributed by atoms with Crippen LogP contribution in [0.1, 0.15) is 5.56 Å². The molecule has 2 nitrogen and oxygen atoms in total. The number of hydrogen-bond donors (Lipinski definition) is 0. The summed E-state index contributed by atoms with van der Waals surface area (Å²) in [5.74, 6) is 0.701. The predicted molar refractivity (Wildman–Crippen MR) is 70.4 cm³/mol. The van der Waals surface area contributed by atoms with E-state index in [0.717, 1.165) is 17.1 Å². The number of methoxy groups -OCH3 is 1. The van der Waals surface area contributed by atoms with Gasteiger partial charge in [0, 0.05) is 12.7 Å². The quantitative estimate of drug-likeness (QED) is 0.821. The van der Waals surface area contributed by atoms with Gasteiger partial charge in [-0.05, 0) is 35.7 Å². The highest BCUT2D eigenvalue weighted by molar-refractivity contribution is 7.14. The Balaban J connectivity index is 2.28. The molecule has 0 unspecified atom stereocenters. The van der Waals surface area contributed by atoms with Gasteiger partial charge in [0.2, 0.25) is 0 Å². The van der Waals surface area contributed by atoms with Gasteiger partial charge in [-0.2, -0.15) is 13.2 Å². The summed E-state index contributed by atoms with van der Waals surface area (Å²) in [6.07, 6.45) is -4.31. The smallest absolute Gasteiger partial charge is 0.416 e. The third kappa shape index (κ3) is 2.84. The molecule has 0 amide bonds. The van der Waals surface area contributed by atoms with Gasteiger partial charge in [-0.3, -0.25) is 0 Å². The lowest BCUT2D eigenvalue weighted by atomic mass is 10.2. The van der Waals surface area contributed by atoms with E-state index in [-0.39, 0.29) is 0 Å². The standard InChI is InChI=1S/C13H12F3NOS/c1-17(12-11(18-2)7-8-19-12)10-5-3-9(4-6-10)13(14,15)16/h3-8H,1-2H3. The van der Waals surface area contributed by atoms with Crippen molar-refractivity contribution in [3.05, 3.63) is 41.3 Å². The van der Waals surface area contributed by atoms with Crippen LogP contribution in [-0.4, -0.2) is 14.2 Å². The number of hydrogen-bond acceptors (Lipinski definition) is 3. The number of nitrogens with zero attached hydrogens (tertiary/aromatic N) is 1. The Bertz CT molecular complexity index is 548. The Kier molecular flexibility index (Phi) is 3.71. The second-order valence-electron chi connectivity index (χ2n) is 3.90. The average molecular weight is 287 g/mol. The summed E-state index contributed by atoms with van der Waals surface area (Å²) >= 11 is 1.47. The summed E-state index contributed by atoms with van der Waals surface area (Å²) in [6, 6.07) is 6.86. The fraction of sp³-hybridized carbons (Fsp3) is 0.231. The molecule has 6 heteroatoms. The summed E-state index contributed by atoms with van der Waals surface area (Å²) in [6.45, 7) is 0. The maximum absolute atomic E-state index is 12.5. The number of alkyl halides is 3. The molecule has 0 aliphatic carbocycles. The Labute approximate surface area is 113 Å². The van der Waals surface area contributed by atoms with E-state index < -0.39 is 11.7 Å². The van der Waals surface area contributed by atoms with Crippen molar-refractivity contribution in [1.29, 1.82) is 0 Å².